The van der Waals surface area contributed by atoms with Gasteiger partial charge in [0.25, 0.3) is 0 Å². The molecule has 162 valence electrons. The maximum Gasteiger partial charge on any atom is 0.134 e. The summed E-state index contributed by atoms with van der Waals surface area (Å²) in [5.74, 6) is 0.311. The van der Waals surface area contributed by atoms with Crippen molar-refractivity contribution in [1.29, 1.82) is 0 Å². The average molecular weight is 423 g/mol. The topological polar surface area (TPSA) is 15.7 Å². The number of ether oxygens (including phenoxy) is 1. The van der Waals surface area contributed by atoms with Crippen LogP contribution in [0, 0.1) is 11.6 Å². The smallest absolute Gasteiger partial charge is 0.134 e. The lowest BCUT2D eigenvalue weighted by Crippen LogP contribution is -2.46. The lowest BCUT2D eigenvalue weighted by atomic mass is 10.1. The Kier molecular flexibility index (Phi) is 7.28. The molecule has 0 aliphatic carbocycles. The van der Waals surface area contributed by atoms with E-state index in [0.29, 0.717) is 18.0 Å². The van der Waals surface area contributed by atoms with Gasteiger partial charge in [-0.1, -0.05) is 36.4 Å². The minimum atomic E-state index is -0.343. The summed E-state index contributed by atoms with van der Waals surface area (Å²) < 4.78 is 32.8. The lowest BCUT2D eigenvalue weighted by molar-refractivity contribution is 0.125. The zero-order valence-electron chi connectivity index (χ0n) is 17.6. The summed E-state index contributed by atoms with van der Waals surface area (Å²) in [7, 11) is 0. The predicted molar refractivity (Wildman–Crippen MR) is 119 cm³/mol. The van der Waals surface area contributed by atoms with Crippen LogP contribution in [0.3, 0.4) is 0 Å². The molecule has 0 aromatic heterocycles. The molecular formula is C26H28F2N2O. The first-order valence-corrected chi connectivity index (χ1v) is 10.9. The SMILES string of the molecule is Fc1ccc(Oc2cc(F)ccc2CN2CCN(CCCc3ccccc3)CC2)cc1. The summed E-state index contributed by atoms with van der Waals surface area (Å²) in [5.41, 5.74) is 2.33. The van der Waals surface area contributed by atoms with Crippen LogP contribution in [0.15, 0.2) is 72.8 Å². The zero-order chi connectivity index (χ0) is 21.5. The van der Waals surface area contributed by atoms with Crippen molar-refractivity contribution in [3.8, 4) is 11.5 Å². The van der Waals surface area contributed by atoms with Crippen molar-refractivity contribution in [3.63, 3.8) is 0 Å². The third-order valence-corrected chi connectivity index (χ3v) is 5.71. The number of benzene rings is 3. The second-order valence-corrected chi connectivity index (χ2v) is 8.01. The second kappa shape index (κ2) is 10.5. The quantitative estimate of drug-likeness (QED) is 0.476. The minimum absolute atomic E-state index is 0.326. The van der Waals surface area contributed by atoms with Crippen molar-refractivity contribution in [3.05, 3.63) is 95.6 Å². The standard InChI is InChI=1S/C26H28F2N2O/c27-23-10-12-25(13-11-23)31-26-19-24(28)9-8-22(26)20-30-17-15-29(16-18-30)14-4-7-21-5-2-1-3-6-21/h1-3,5-6,8-13,19H,4,7,14-18,20H2. The molecule has 0 saturated carbocycles. The van der Waals surface area contributed by atoms with Crippen molar-refractivity contribution in [2.45, 2.75) is 19.4 Å². The molecule has 5 heteroatoms. The maximum atomic E-state index is 13.8. The molecule has 3 aromatic carbocycles. The van der Waals surface area contributed by atoms with E-state index in [-0.39, 0.29) is 11.6 Å². The van der Waals surface area contributed by atoms with Crippen molar-refractivity contribution in [2.75, 3.05) is 32.7 Å². The molecule has 1 saturated heterocycles. The summed E-state index contributed by atoms with van der Waals surface area (Å²) in [6.07, 6.45) is 2.28. The number of halogens is 2. The average Bonchev–Trinajstić information content (AvgIpc) is 2.79. The van der Waals surface area contributed by atoms with Gasteiger partial charge in [0.2, 0.25) is 0 Å². The monoisotopic (exact) mass is 422 g/mol. The molecule has 0 unspecified atom stereocenters. The van der Waals surface area contributed by atoms with Gasteiger partial charge in [0.05, 0.1) is 0 Å². The molecule has 0 radical (unpaired) electrons. The highest BCUT2D eigenvalue weighted by Gasteiger charge is 2.18. The van der Waals surface area contributed by atoms with Crippen LogP contribution in [-0.4, -0.2) is 42.5 Å². The van der Waals surface area contributed by atoms with Crippen LogP contribution in [0.1, 0.15) is 17.5 Å². The van der Waals surface area contributed by atoms with E-state index in [1.54, 1.807) is 18.2 Å². The third kappa shape index (κ3) is 6.36. The molecule has 3 nitrogen and oxygen atoms in total. The van der Waals surface area contributed by atoms with Crippen LogP contribution in [0.4, 0.5) is 8.78 Å². The van der Waals surface area contributed by atoms with Gasteiger partial charge in [0.15, 0.2) is 0 Å². The molecular weight excluding hydrogens is 394 g/mol. The van der Waals surface area contributed by atoms with Gasteiger partial charge in [-0.15, -0.1) is 0 Å². The summed E-state index contributed by atoms with van der Waals surface area (Å²) in [5, 5.41) is 0. The molecule has 0 atom stereocenters. The van der Waals surface area contributed by atoms with Crippen LogP contribution in [0.2, 0.25) is 0 Å². The summed E-state index contributed by atoms with van der Waals surface area (Å²) in [6, 6.07) is 21.0. The number of nitrogens with zero attached hydrogens (tertiary/aromatic N) is 2. The summed E-state index contributed by atoms with van der Waals surface area (Å²) >= 11 is 0. The molecule has 0 spiro atoms. The van der Waals surface area contributed by atoms with Crippen molar-refractivity contribution >= 4 is 0 Å². The normalized spacial score (nSPS) is 15.2. The molecule has 0 N–H and O–H groups in total. The Hall–Kier alpha value is -2.76. The second-order valence-electron chi connectivity index (χ2n) is 8.01. The zero-order valence-corrected chi connectivity index (χ0v) is 17.6. The van der Waals surface area contributed by atoms with Gasteiger partial charge in [-0.3, -0.25) is 4.90 Å². The van der Waals surface area contributed by atoms with Crippen LogP contribution < -0.4 is 4.74 Å². The molecule has 0 amide bonds. The van der Waals surface area contributed by atoms with Crippen LogP contribution in [-0.2, 0) is 13.0 Å². The van der Waals surface area contributed by atoms with E-state index in [1.807, 2.05) is 0 Å². The van der Waals surface area contributed by atoms with Crippen LogP contribution in [0.5, 0.6) is 11.5 Å². The largest absolute Gasteiger partial charge is 0.457 e. The summed E-state index contributed by atoms with van der Waals surface area (Å²) in [6.45, 7) is 5.82. The predicted octanol–water partition coefficient (Wildman–Crippen LogP) is 5.51. The Morgan fingerprint density at radius 3 is 2.16 bits per heavy atom. The Morgan fingerprint density at radius 1 is 0.742 bits per heavy atom. The van der Waals surface area contributed by atoms with E-state index < -0.39 is 0 Å². The first-order chi connectivity index (χ1) is 15.2. The highest BCUT2D eigenvalue weighted by molar-refractivity contribution is 5.38. The van der Waals surface area contributed by atoms with Gasteiger partial charge in [0.1, 0.15) is 23.1 Å². The fourth-order valence-corrected chi connectivity index (χ4v) is 3.95. The van der Waals surface area contributed by atoms with Gasteiger partial charge in [0, 0.05) is 44.4 Å². The number of rotatable bonds is 8. The first kappa shape index (κ1) is 21.5. The third-order valence-electron chi connectivity index (χ3n) is 5.71. The molecule has 0 bridgehead atoms. The fourth-order valence-electron chi connectivity index (χ4n) is 3.95. The summed E-state index contributed by atoms with van der Waals surface area (Å²) in [4.78, 5) is 4.89. The molecule has 1 fully saturated rings. The highest BCUT2D eigenvalue weighted by Crippen LogP contribution is 2.28. The number of hydrogen-bond donors (Lipinski definition) is 0. The first-order valence-electron chi connectivity index (χ1n) is 10.9. The van der Waals surface area contributed by atoms with Crippen LogP contribution >= 0.6 is 0 Å². The van der Waals surface area contributed by atoms with E-state index >= 15 is 0 Å². The molecule has 1 aliphatic heterocycles. The van der Waals surface area contributed by atoms with Crippen molar-refractivity contribution < 1.29 is 13.5 Å². The lowest BCUT2D eigenvalue weighted by Gasteiger charge is -2.35. The Labute approximate surface area is 182 Å². The number of aryl methyl sites for hydroxylation is 1. The molecule has 1 aliphatic rings. The highest BCUT2D eigenvalue weighted by atomic mass is 19.1. The van der Waals surface area contributed by atoms with Gasteiger partial charge in [-0.25, -0.2) is 8.78 Å². The van der Waals surface area contributed by atoms with Gasteiger partial charge in [-0.05, 0) is 55.3 Å². The molecule has 31 heavy (non-hydrogen) atoms. The van der Waals surface area contributed by atoms with E-state index in [0.717, 1.165) is 51.1 Å². The van der Waals surface area contributed by atoms with Gasteiger partial charge < -0.3 is 9.64 Å². The molecule has 1 heterocycles. The van der Waals surface area contributed by atoms with E-state index in [1.165, 1.54) is 29.8 Å². The van der Waals surface area contributed by atoms with Gasteiger partial charge in [-0.2, -0.15) is 0 Å². The van der Waals surface area contributed by atoms with Crippen LogP contribution in [0.25, 0.3) is 0 Å². The van der Waals surface area contributed by atoms with Crippen molar-refractivity contribution in [2.24, 2.45) is 0 Å². The number of piperazine rings is 1. The Balaban J connectivity index is 1.28. The Morgan fingerprint density at radius 2 is 1.42 bits per heavy atom. The fraction of sp³-hybridized carbons (Fsp3) is 0.308. The van der Waals surface area contributed by atoms with E-state index in [9.17, 15) is 8.78 Å². The Bertz CT molecular complexity index is 955. The number of hydrogen-bond acceptors (Lipinski definition) is 3. The molecule has 4 rings (SSSR count). The van der Waals surface area contributed by atoms with E-state index in [4.69, 9.17) is 4.74 Å². The van der Waals surface area contributed by atoms with E-state index in [2.05, 4.69) is 40.1 Å². The maximum absolute atomic E-state index is 13.8. The minimum Gasteiger partial charge on any atom is -0.457 e. The van der Waals surface area contributed by atoms with Gasteiger partial charge >= 0.3 is 0 Å². The van der Waals surface area contributed by atoms with Crippen molar-refractivity contribution in [1.82, 2.24) is 9.80 Å². The molecule has 3 aromatic rings.